The van der Waals surface area contributed by atoms with Crippen molar-refractivity contribution in [3.8, 4) is 0 Å². The van der Waals surface area contributed by atoms with Gasteiger partial charge in [0, 0.05) is 17.8 Å². The molecule has 5 heteroatoms. The summed E-state index contributed by atoms with van der Waals surface area (Å²) in [5, 5.41) is 8.63. The molecule has 0 saturated heterocycles. The Morgan fingerprint density at radius 3 is 2.82 bits per heavy atom. The summed E-state index contributed by atoms with van der Waals surface area (Å²) < 4.78 is 0. The Hall–Kier alpha value is -0.940. The van der Waals surface area contributed by atoms with Crippen LogP contribution in [0.1, 0.15) is 45.3 Å². The van der Waals surface area contributed by atoms with Crippen LogP contribution in [0.3, 0.4) is 0 Å². The molecule has 1 heterocycles. The van der Waals surface area contributed by atoms with Gasteiger partial charge in [-0.1, -0.05) is 20.3 Å². The minimum absolute atomic E-state index is 0.0531. The van der Waals surface area contributed by atoms with E-state index in [0.717, 1.165) is 12.1 Å². The van der Waals surface area contributed by atoms with Crippen molar-refractivity contribution in [2.24, 2.45) is 5.92 Å². The van der Waals surface area contributed by atoms with Gasteiger partial charge in [-0.2, -0.15) is 0 Å². The second-order valence-corrected chi connectivity index (χ2v) is 5.21. The highest BCUT2D eigenvalue weighted by atomic mass is 32.1. The number of hydrogen-bond donors (Lipinski definition) is 2. The van der Waals surface area contributed by atoms with Gasteiger partial charge in [0.2, 0.25) is 5.91 Å². The van der Waals surface area contributed by atoms with Gasteiger partial charge in [0.1, 0.15) is 0 Å². The van der Waals surface area contributed by atoms with E-state index in [0.29, 0.717) is 17.5 Å². The Labute approximate surface area is 107 Å². The molecule has 2 N–H and O–H groups in total. The van der Waals surface area contributed by atoms with Crippen LogP contribution in [0.15, 0.2) is 5.38 Å². The standard InChI is InChI=1S/C12H21N3OS/c1-5-8(2)6-11(16)15-12-14-10(7-17-12)9(3)13-4/h7-9,13H,5-6H2,1-4H3,(H,14,15,16). The number of aromatic nitrogens is 1. The number of nitrogens with one attached hydrogen (secondary N) is 2. The number of amides is 1. The van der Waals surface area contributed by atoms with Gasteiger partial charge >= 0.3 is 0 Å². The molecule has 0 radical (unpaired) electrons. The molecule has 96 valence electrons. The highest BCUT2D eigenvalue weighted by molar-refractivity contribution is 7.13. The number of rotatable bonds is 6. The number of hydrogen-bond acceptors (Lipinski definition) is 4. The van der Waals surface area contributed by atoms with Crippen molar-refractivity contribution in [3.63, 3.8) is 0 Å². The van der Waals surface area contributed by atoms with Gasteiger partial charge in [-0.25, -0.2) is 4.98 Å². The van der Waals surface area contributed by atoms with E-state index in [1.165, 1.54) is 11.3 Å². The zero-order chi connectivity index (χ0) is 12.8. The van der Waals surface area contributed by atoms with Crippen LogP contribution in [0.2, 0.25) is 0 Å². The van der Waals surface area contributed by atoms with Crippen LogP contribution in [0.5, 0.6) is 0 Å². The molecule has 0 bridgehead atoms. The van der Waals surface area contributed by atoms with Crippen molar-refractivity contribution in [2.75, 3.05) is 12.4 Å². The van der Waals surface area contributed by atoms with Gasteiger partial charge in [-0.3, -0.25) is 4.79 Å². The molecule has 4 nitrogen and oxygen atoms in total. The molecule has 0 aliphatic heterocycles. The first-order valence-corrected chi connectivity index (χ1v) is 6.87. The summed E-state index contributed by atoms with van der Waals surface area (Å²) in [5.41, 5.74) is 0.969. The van der Waals surface area contributed by atoms with Gasteiger partial charge < -0.3 is 10.6 Å². The van der Waals surface area contributed by atoms with Crippen LogP contribution in [0.25, 0.3) is 0 Å². The smallest absolute Gasteiger partial charge is 0.226 e. The van der Waals surface area contributed by atoms with E-state index in [2.05, 4.69) is 29.5 Å². The highest BCUT2D eigenvalue weighted by Crippen LogP contribution is 2.20. The average Bonchev–Trinajstić information content (AvgIpc) is 2.76. The molecule has 0 aliphatic rings. The zero-order valence-corrected chi connectivity index (χ0v) is 11.7. The molecule has 1 aromatic rings. The lowest BCUT2D eigenvalue weighted by atomic mass is 10.1. The predicted molar refractivity (Wildman–Crippen MR) is 72.3 cm³/mol. The number of nitrogens with zero attached hydrogens (tertiary/aromatic N) is 1. The lowest BCUT2D eigenvalue weighted by Crippen LogP contribution is -2.15. The Morgan fingerprint density at radius 2 is 2.24 bits per heavy atom. The monoisotopic (exact) mass is 255 g/mol. The first-order valence-electron chi connectivity index (χ1n) is 5.99. The van der Waals surface area contributed by atoms with Gasteiger partial charge in [0.15, 0.2) is 5.13 Å². The molecule has 0 aromatic carbocycles. The minimum Gasteiger partial charge on any atom is -0.312 e. The Bertz CT molecular complexity index is 364. The maximum atomic E-state index is 11.7. The van der Waals surface area contributed by atoms with Crippen molar-refractivity contribution in [2.45, 2.75) is 39.7 Å². The molecule has 1 rings (SSSR count). The van der Waals surface area contributed by atoms with Crippen LogP contribution in [-0.2, 0) is 4.79 Å². The van der Waals surface area contributed by atoms with Crippen LogP contribution in [-0.4, -0.2) is 17.9 Å². The summed E-state index contributed by atoms with van der Waals surface area (Å²) >= 11 is 1.47. The molecule has 0 spiro atoms. The normalized spacial score (nSPS) is 14.4. The molecule has 0 fully saturated rings. The van der Waals surface area contributed by atoms with Crippen LogP contribution in [0, 0.1) is 5.92 Å². The molecule has 2 unspecified atom stereocenters. The predicted octanol–water partition coefficient (Wildman–Crippen LogP) is 2.80. The fraction of sp³-hybridized carbons (Fsp3) is 0.667. The second-order valence-electron chi connectivity index (χ2n) is 4.35. The third-order valence-electron chi connectivity index (χ3n) is 2.88. The lowest BCUT2D eigenvalue weighted by molar-refractivity contribution is -0.117. The largest absolute Gasteiger partial charge is 0.312 e. The number of carbonyl (C=O) groups excluding carboxylic acids is 1. The number of anilines is 1. The summed E-state index contributed by atoms with van der Waals surface area (Å²) in [6.07, 6.45) is 1.58. The molecule has 2 atom stereocenters. The van der Waals surface area contributed by atoms with Crippen LogP contribution < -0.4 is 10.6 Å². The molecule has 1 amide bonds. The van der Waals surface area contributed by atoms with Crippen LogP contribution >= 0.6 is 11.3 Å². The van der Waals surface area contributed by atoms with Gasteiger partial charge in [0.05, 0.1) is 5.69 Å². The summed E-state index contributed by atoms with van der Waals surface area (Å²) in [7, 11) is 1.89. The number of carbonyl (C=O) groups is 1. The number of thiazole rings is 1. The average molecular weight is 255 g/mol. The van der Waals surface area contributed by atoms with Crippen molar-refractivity contribution in [1.29, 1.82) is 0 Å². The molecule has 17 heavy (non-hydrogen) atoms. The van der Waals surface area contributed by atoms with Gasteiger partial charge in [-0.05, 0) is 19.9 Å². The van der Waals surface area contributed by atoms with E-state index in [-0.39, 0.29) is 11.9 Å². The summed E-state index contributed by atoms with van der Waals surface area (Å²) in [4.78, 5) is 16.0. The summed E-state index contributed by atoms with van der Waals surface area (Å²) in [5.74, 6) is 0.475. The molecule has 1 aromatic heterocycles. The summed E-state index contributed by atoms with van der Waals surface area (Å²) in [6.45, 7) is 6.21. The fourth-order valence-corrected chi connectivity index (χ4v) is 2.14. The first kappa shape index (κ1) is 14.1. The van der Waals surface area contributed by atoms with Crippen molar-refractivity contribution >= 4 is 22.4 Å². The van der Waals surface area contributed by atoms with E-state index in [9.17, 15) is 4.79 Å². The molecule has 0 aliphatic carbocycles. The Kier molecular flexibility index (Phi) is 5.58. The maximum absolute atomic E-state index is 11.7. The van der Waals surface area contributed by atoms with Gasteiger partial charge in [0.25, 0.3) is 0 Å². The van der Waals surface area contributed by atoms with Crippen LogP contribution in [0.4, 0.5) is 5.13 Å². The van der Waals surface area contributed by atoms with Crippen molar-refractivity contribution in [1.82, 2.24) is 10.3 Å². The minimum atomic E-state index is 0.0531. The van der Waals surface area contributed by atoms with Crippen molar-refractivity contribution in [3.05, 3.63) is 11.1 Å². The quantitative estimate of drug-likeness (QED) is 0.822. The SMILES string of the molecule is CCC(C)CC(=O)Nc1nc(C(C)NC)cs1. The maximum Gasteiger partial charge on any atom is 0.226 e. The summed E-state index contributed by atoms with van der Waals surface area (Å²) in [6, 6.07) is 0.214. The lowest BCUT2D eigenvalue weighted by Gasteiger charge is -2.07. The fourth-order valence-electron chi connectivity index (χ4n) is 1.32. The Balaban J connectivity index is 2.51. The Morgan fingerprint density at radius 1 is 1.53 bits per heavy atom. The van der Waals surface area contributed by atoms with E-state index in [4.69, 9.17) is 0 Å². The van der Waals surface area contributed by atoms with E-state index < -0.39 is 0 Å². The third kappa shape index (κ3) is 4.44. The second kappa shape index (κ2) is 6.71. The van der Waals surface area contributed by atoms with Gasteiger partial charge in [-0.15, -0.1) is 11.3 Å². The molecule has 0 saturated carbocycles. The molecular formula is C12H21N3OS. The van der Waals surface area contributed by atoms with E-state index in [1.807, 2.05) is 19.4 Å². The highest BCUT2D eigenvalue weighted by Gasteiger charge is 2.11. The van der Waals surface area contributed by atoms with E-state index >= 15 is 0 Å². The van der Waals surface area contributed by atoms with Crippen molar-refractivity contribution < 1.29 is 4.79 Å². The third-order valence-corrected chi connectivity index (χ3v) is 3.65. The first-order chi connectivity index (χ1) is 8.06. The van der Waals surface area contributed by atoms with E-state index in [1.54, 1.807) is 0 Å². The zero-order valence-electron chi connectivity index (χ0n) is 10.9. The topological polar surface area (TPSA) is 54.0 Å². The molecular weight excluding hydrogens is 234 g/mol.